The summed E-state index contributed by atoms with van der Waals surface area (Å²) in [5.41, 5.74) is 1.59. The standard InChI is InChI=1S/C20H27N3O2/c1-15(2)23-10-6-7-16(13-23)12-21-19(24)11-18-14-25-20(22-18)17-8-4-3-5-9-17/h3-5,8-9,14-16H,6-7,10-13H2,1-2H3,(H,21,24)/t16-/m1/s1. The number of benzene rings is 1. The smallest absolute Gasteiger partial charge is 0.226 e. The number of hydrogen-bond donors (Lipinski definition) is 1. The number of aromatic nitrogens is 1. The molecular formula is C20H27N3O2. The van der Waals surface area contributed by atoms with Crippen LogP contribution in [0, 0.1) is 5.92 Å². The lowest BCUT2D eigenvalue weighted by atomic mass is 9.97. The number of nitrogens with zero attached hydrogens (tertiary/aromatic N) is 2. The van der Waals surface area contributed by atoms with E-state index in [0.717, 1.165) is 18.7 Å². The van der Waals surface area contributed by atoms with Crippen molar-refractivity contribution in [3.05, 3.63) is 42.3 Å². The molecule has 1 aliphatic heterocycles. The Kier molecular flexibility index (Phi) is 5.87. The Hall–Kier alpha value is -2.14. The third-order valence-electron chi connectivity index (χ3n) is 4.78. The highest BCUT2D eigenvalue weighted by Crippen LogP contribution is 2.19. The molecule has 2 heterocycles. The second-order valence-electron chi connectivity index (χ2n) is 7.09. The molecule has 1 aromatic heterocycles. The van der Waals surface area contributed by atoms with Crippen molar-refractivity contribution in [3.63, 3.8) is 0 Å². The molecule has 1 atom stereocenters. The maximum Gasteiger partial charge on any atom is 0.226 e. The van der Waals surface area contributed by atoms with E-state index in [-0.39, 0.29) is 12.3 Å². The van der Waals surface area contributed by atoms with Crippen molar-refractivity contribution in [1.82, 2.24) is 15.2 Å². The van der Waals surface area contributed by atoms with Gasteiger partial charge in [-0.3, -0.25) is 4.79 Å². The monoisotopic (exact) mass is 341 g/mol. The number of nitrogens with one attached hydrogen (secondary N) is 1. The minimum absolute atomic E-state index is 0.00887. The van der Waals surface area contributed by atoms with Crippen LogP contribution in [0.2, 0.25) is 0 Å². The first kappa shape index (κ1) is 17.7. The van der Waals surface area contributed by atoms with Crippen molar-refractivity contribution in [2.45, 2.75) is 39.2 Å². The Morgan fingerprint density at radius 2 is 2.16 bits per heavy atom. The molecule has 0 spiro atoms. The summed E-state index contributed by atoms with van der Waals surface area (Å²) < 4.78 is 5.49. The first-order valence-corrected chi connectivity index (χ1v) is 9.12. The number of oxazole rings is 1. The molecule has 0 radical (unpaired) electrons. The number of rotatable bonds is 6. The van der Waals surface area contributed by atoms with Crippen molar-refractivity contribution in [2.24, 2.45) is 5.92 Å². The summed E-state index contributed by atoms with van der Waals surface area (Å²) in [5, 5.41) is 3.06. The van der Waals surface area contributed by atoms with E-state index in [4.69, 9.17) is 4.42 Å². The van der Waals surface area contributed by atoms with E-state index in [1.165, 1.54) is 19.4 Å². The van der Waals surface area contributed by atoms with Gasteiger partial charge in [0.25, 0.3) is 0 Å². The Morgan fingerprint density at radius 3 is 2.92 bits per heavy atom. The molecule has 1 saturated heterocycles. The van der Waals surface area contributed by atoms with E-state index in [1.807, 2.05) is 30.3 Å². The molecule has 1 aliphatic rings. The van der Waals surface area contributed by atoms with Gasteiger partial charge in [-0.15, -0.1) is 0 Å². The molecular weight excluding hydrogens is 314 g/mol. The highest BCUT2D eigenvalue weighted by Gasteiger charge is 2.22. The van der Waals surface area contributed by atoms with Crippen LogP contribution in [0.5, 0.6) is 0 Å². The summed E-state index contributed by atoms with van der Waals surface area (Å²) in [4.78, 5) is 19.1. The third-order valence-corrected chi connectivity index (χ3v) is 4.78. The summed E-state index contributed by atoms with van der Waals surface area (Å²) in [7, 11) is 0. The topological polar surface area (TPSA) is 58.4 Å². The van der Waals surface area contributed by atoms with Gasteiger partial charge in [-0.05, 0) is 51.3 Å². The maximum atomic E-state index is 12.2. The minimum atomic E-state index is 0.00887. The van der Waals surface area contributed by atoms with Crippen molar-refractivity contribution in [2.75, 3.05) is 19.6 Å². The molecule has 25 heavy (non-hydrogen) atoms. The lowest BCUT2D eigenvalue weighted by Crippen LogP contribution is -2.44. The van der Waals surface area contributed by atoms with Crippen LogP contribution in [-0.4, -0.2) is 41.5 Å². The van der Waals surface area contributed by atoms with Crippen LogP contribution in [0.4, 0.5) is 0 Å². The van der Waals surface area contributed by atoms with Crippen LogP contribution < -0.4 is 5.32 Å². The fourth-order valence-electron chi connectivity index (χ4n) is 3.32. The largest absolute Gasteiger partial charge is 0.444 e. The fourth-order valence-corrected chi connectivity index (χ4v) is 3.32. The van der Waals surface area contributed by atoms with Crippen LogP contribution >= 0.6 is 0 Å². The zero-order chi connectivity index (χ0) is 17.6. The van der Waals surface area contributed by atoms with Gasteiger partial charge in [0.15, 0.2) is 0 Å². The molecule has 0 bridgehead atoms. The Balaban J connectivity index is 1.47. The minimum Gasteiger partial charge on any atom is -0.444 e. The highest BCUT2D eigenvalue weighted by atomic mass is 16.3. The maximum absolute atomic E-state index is 12.2. The Morgan fingerprint density at radius 1 is 1.36 bits per heavy atom. The van der Waals surface area contributed by atoms with E-state index in [0.29, 0.717) is 23.5 Å². The van der Waals surface area contributed by atoms with Crippen molar-refractivity contribution >= 4 is 5.91 Å². The molecule has 5 nitrogen and oxygen atoms in total. The average molecular weight is 341 g/mol. The van der Waals surface area contributed by atoms with Gasteiger partial charge < -0.3 is 14.6 Å². The number of piperidine rings is 1. The van der Waals surface area contributed by atoms with Gasteiger partial charge in [0.1, 0.15) is 6.26 Å². The van der Waals surface area contributed by atoms with Gasteiger partial charge in [0.2, 0.25) is 11.8 Å². The fraction of sp³-hybridized carbons (Fsp3) is 0.500. The van der Waals surface area contributed by atoms with Gasteiger partial charge in [0, 0.05) is 24.7 Å². The second kappa shape index (κ2) is 8.30. The number of carbonyl (C=O) groups is 1. The van der Waals surface area contributed by atoms with Crippen molar-refractivity contribution in [3.8, 4) is 11.5 Å². The van der Waals surface area contributed by atoms with Gasteiger partial charge in [-0.2, -0.15) is 0 Å². The van der Waals surface area contributed by atoms with Gasteiger partial charge in [0.05, 0.1) is 12.1 Å². The molecule has 1 fully saturated rings. The molecule has 0 aliphatic carbocycles. The lowest BCUT2D eigenvalue weighted by Gasteiger charge is -2.35. The van der Waals surface area contributed by atoms with Crippen molar-refractivity contribution in [1.29, 1.82) is 0 Å². The molecule has 0 saturated carbocycles. The molecule has 5 heteroatoms. The molecule has 134 valence electrons. The van der Waals surface area contributed by atoms with Crippen LogP contribution in [-0.2, 0) is 11.2 Å². The van der Waals surface area contributed by atoms with E-state index in [1.54, 1.807) is 6.26 Å². The predicted molar refractivity (Wildman–Crippen MR) is 98.1 cm³/mol. The molecule has 1 amide bonds. The van der Waals surface area contributed by atoms with E-state index >= 15 is 0 Å². The summed E-state index contributed by atoms with van der Waals surface area (Å²) in [6, 6.07) is 10.3. The zero-order valence-electron chi connectivity index (χ0n) is 15.1. The quantitative estimate of drug-likeness (QED) is 0.877. The Labute approximate surface area is 149 Å². The van der Waals surface area contributed by atoms with E-state index < -0.39 is 0 Å². The summed E-state index contributed by atoms with van der Waals surface area (Å²) in [6.07, 6.45) is 4.23. The number of carbonyl (C=O) groups excluding carboxylic acids is 1. The molecule has 3 rings (SSSR count). The molecule has 0 unspecified atom stereocenters. The first-order chi connectivity index (χ1) is 12.1. The van der Waals surface area contributed by atoms with Crippen LogP contribution in [0.25, 0.3) is 11.5 Å². The second-order valence-corrected chi connectivity index (χ2v) is 7.09. The van der Waals surface area contributed by atoms with E-state index in [2.05, 4.69) is 29.0 Å². The number of amides is 1. The number of hydrogen-bond acceptors (Lipinski definition) is 4. The third kappa shape index (κ3) is 4.92. The summed E-state index contributed by atoms with van der Waals surface area (Å²) in [6.45, 7) is 7.44. The van der Waals surface area contributed by atoms with Crippen LogP contribution in [0.1, 0.15) is 32.4 Å². The number of likely N-dealkylation sites (tertiary alicyclic amines) is 1. The average Bonchev–Trinajstić information content (AvgIpc) is 3.09. The summed E-state index contributed by atoms with van der Waals surface area (Å²) >= 11 is 0. The van der Waals surface area contributed by atoms with E-state index in [9.17, 15) is 4.79 Å². The highest BCUT2D eigenvalue weighted by molar-refractivity contribution is 5.78. The lowest BCUT2D eigenvalue weighted by molar-refractivity contribution is -0.120. The Bertz CT molecular complexity index is 681. The van der Waals surface area contributed by atoms with Gasteiger partial charge in [-0.1, -0.05) is 18.2 Å². The SMILES string of the molecule is CC(C)N1CCC[C@H](CNC(=O)Cc2coc(-c3ccccc3)n2)C1. The first-order valence-electron chi connectivity index (χ1n) is 9.12. The van der Waals surface area contributed by atoms with Gasteiger partial charge >= 0.3 is 0 Å². The summed E-state index contributed by atoms with van der Waals surface area (Å²) in [5.74, 6) is 1.11. The van der Waals surface area contributed by atoms with Crippen LogP contribution in [0.3, 0.4) is 0 Å². The van der Waals surface area contributed by atoms with Gasteiger partial charge in [-0.25, -0.2) is 4.98 Å². The zero-order valence-corrected chi connectivity index (χ0v) is 15.1. The van der Waals surface area contributed by atoms with Crippen molar-refractivity contribution < 1.29 is 9.21 Å². The normalized spacial score (nSPS) is 18.4. The predicted octanol–water partition coefficient (Wildman–Crippen LogP) is 3.12. The molecule has 1 N–H and O–H groups in total. The molecule has 1 aromatic carbocycles. The van der Waals surface area contributed by atoms with Crippen LogP contribution in [0.15, 0.2) is 41.0 Å². The molecule has 2 aromatic rings.